The molecule has 4 heterocycles. The number of rotatable bonds is 6. The first-order valence-corrected chi connectivity index (χ1v) is 9.34. The zero-order valence-electron chi connectivity index (χ0n) is 14.6. The smallest absolute Gasteiger partial charge is 0.180 e. The van der Waals surface area contributed by atoms with Crippen LogP contribution in [0, 0.1) is 5.92 Å². The molecule has 2 aromatic heterocycles. The molecule has 25 heavy (non-hydrogen) atoms. The van der Waals surface area contributed by atoms with Gasteiger partial charge in [-0.1, -0.05) is 0 Å². The summed E-state index contributed by atoms with van der Waals surface area (Å²) in [6.45, 7) is 4.90. The number of carbonyl (C=O) groups excluding carboxylic acids is 1. The summed E-state index contributed by atoms with van der Waals surface area (Å²) in [5, 5.41) is 0. The average Bonchev–Trinajstić information content (AvgIpc) is 2.63. The Bertz CT molecular complexity index is 732. The zero-order chi connectivity index (χ0) is 17.1. The summed E-state index contributed by atoms with van der Waals surface area (Å²) in [6.07, 6.45) is 10.5. The largest absolute Gasteiger partial charge is 0.370 e. The van der Waals surface area contributed by atoms with Crippen molar-refractivity contribution in [2.45, 2.75) is 32.1 Å². The second-order valence-corrected chi connectivity index (χ2v) is 7.20. The first kappa shape index (κ1) is 16.4. The second-order valence-electron chi connectivity index (χ2n) is 7.20. The Labute approximate surface area is 148 Å². The van der Waals surface area contributed by atoms with E-state index in [-0.39, 0.29) is 0 Å². The Kier molecular flexibility index (Phi) is 4.88. The number of nitrogens with zero attached hydrogens (tertiary/aromatic N) is 5. The van der Waals surface area contributed by atoms with Gasteiger partial charge in [0.1, 0.15) is 11.3 Å². The number of anilines is 1. The summed E-state index contributed by atoms with van der Waals surface area (Å²) in [4.78, 5) is 29.7. The summed E-state index contributed by atoms with van der Waals surface area (Å²) >= 11 is 0. The first-order chi connectivity index (χ1) is 12.3. The van der Waals surface area contributed by atoms with Crippen LogP contribution < -0.4 is 4.90 Å². The van der Waals surface area contributed by atoms with E-state index in [4.69, 9.17) is 0 Å². The van der Waals surface area contributed by atoms with Gasteiger partial charge in [-0.25, -0.2) is 15.0 Å². The highest BCUT2D eigenvalue weighted by molar-refractivity contribution is 5.85. The van der Waals surface area contributed by atoms with Crippen LogP contribution in [0.5, 0.6) is 0 Å². The molecule has 0 atom stereocenters. The van der Waals surface area contributed by atoms with E-state index in [0.717, 1.165) is 63.1 Å². The van der Waals surface area contributed by atoms with E-state index < -0.39 is 0 Å². The quantitative estimate of drug-likeness (QED) is 0.805. The molecular weight excluding hydrogens is 314 g/mol. The van der Waals surface area contributed by atoms with E-state index >= 15 is 0 Å². The lowest BCUT2D eigenvalue weighted by molar-refractivity contribution is -0.121. The van der Waals surface area contributed by atoms with Gasteiger partial charge in [0.05, 0.1) is 12.2 Å². The summed E-state index contributed by atoms with van der Waals surface area (Å²) in [5.74, 6) is 1.08. The Hall–Kier alpha value is -2.08. The van der Waals surface area contributed by atoms with Gasteiger partial charge in [0.15, 0.2) is 5.65 Å². The van der Waals surface area contributed by atoms with Crippen molar-refractivity contribution in [3.63, 3.8) is 0 Å². The molecule has 0 N–H and O–H groups in total. The fraction of sp³-hybridized carbons (Fsp3) is 0.579. The number of hydrogen-bond acceptors (Lipinski definition) is 6. The third-order valence-electron chi connectivity index (χ3n) is 5.49. The number of carbonyl (C=O) groups is 1. The van der Waals surface area contributed by atoms with Crippen LogP contribution in [0.3, 0.4) is 0 Å². The highest BCUT2D eigenvalue weighted by Gasteiger charge is 2.23. The Morgan fingerprint density at radius 1 is 1.04 bits per heavy atom. The number of fused-ring (bicyclic) bond motifs is 1. The van der Waals surface area contributed by atoms with Crippen LogP contribution in [0.4, 0.5) is 5.69 Å². The fourth-order valence-electron chi connectivity index (χ4n) is 3.81. The molecule has 2 saturated heterocycles. The molecule has 0 amide bonds. The molecule has 0 saturated carbocycles. The third-order valence-corrected chi connectivity index (χ3v) is 5.49. The van der Waals surface area contributed by atoms with Gasteiger partial charge in [-0.15, -0.1) is 0 Å². The van der Waals surface area contributed by atoms with Crippen LogP contribution in [-0.4, -0.2) is 58.4 Å². The number of piperidine rings is 1. The maximum Gasteiger partial charge on any atom is 0.180 e. The van der Waals surface area contributed by atoms with Crippen molar-refractivity contribution in [2.24, 2.45) is 5.92 Å². The zero-order valence-corrected chi connectivity index (χ0v) is 14.6. The minimum atomic E-state index is 0.414. The van der Waals surface area contributed by atoms with Gasteiger partial charge in [0, 0.05) is 38.1 Å². The summed E-state index contributed by atoms with van der Waals surface area (Å²) in [6, 6.07) is 2.04. The molecule has 0 aromatic carbocycles. The summed E-state index contributed by atoms with van der Waals surface area (Å²) in [5.41, 5.74) is 2.72. The highest BCUT2D eigenvalue weighted by Crippen LogP contribution is 2.29. The van der Waals surface area contributed by atoms with E-state index in [1.165, 1.54) is 6.42 Å². The van der Waals surface area contributed by atoms with E-state index in [9.17, 15) is 4.79 Å². The predicted octanol–water partition coefficient (Wildman–Crippen LogP) is 2.30. The van der Waals surface area contributed by atoms with E-state index in [1.807, 2.05) is 12.3 Å². The fourth-order valence-corrected chi connectivity index (χ4v) is 3.81. The maximum absolute atomic E-state index is 12.0. The molecule has 0 aliphatic carbocycles. The van der Waals surface area contributed by atoms with Gasteiger partial charge in [-0.3, -0.25) is 9.69 Å². The van der Waals surface area contributed by atoms with Crippen molar-refractivity contribution in [2.75, 3.05) is 37.6 Å². The van der Waals surface area contributed by atoms with Gasteiger partial charge in [0.2, 0.25) is 0 Å². The highest BCUT2D eigenvalue weighted by atomic mass is 16.1. The molecule has 132 valence electrons. The average molecular weight is 339 g/mol. The molecule has 0 bridgehead atoms. The van der Waals surface area contributed by atoms with Crippen molar-refractivity contribution in [1.82, 2.24) is 19.9 Å². The maximum atomic E-state index is 12.0. The second kappa shape index (κ2) is 7.44. The van der Waals surface area contributed by atoms with Crippen LogP contribution in [0.15, 0.2) is 24.7 Å². The molecule has 0 unspecified atom stereocenters. The van der Waals surface area contributed by atoms with Gasteiger partial charge in [-0.05, 0) is 50.8 Å². The number of Topliss-reactive ketones (excluding diaryl/α,β-unsaturated/α-hetero) is 1. The number of hydrogen-bond donors (Lipinski definition) is 0. The minimum absolute atomic E-state index is 0.414. The third kappa shape index (κ3) is 3.79. The van der Waals surface area contributed by atoms with Gasteiger partial charge < -0.3 is 4.90 Å². The standard InChI is InChI=1S/C19H25N5O/c25-16(14-23-10-1-11-23)3-2-15-5-12-24(13-6-15)17-4-7-21-19-18(17)20-8-9-22-19/h4,7-9,15H,1-3,5-6,10-14H2. The molecule has 6 heteroatoms. The molecular formula is C19H25N5O. The van der Waals surface area contributed by atoms with E-state index in [0.29, 0.717) is 23.9 Å². The van der Waals surface area contributed by atoms with Crippen LogP contribution in [0.25, 0.3) is 11.2 Å². The summed E-state index contributed by atoms with van der Waals surface area (Å²) in [7, 11) is 0. The predicted molar refractivity (Wildman–Crippen MR) is 97.6 cm³/mol. The molecule has 0 spiro atoms. The first-order valence-electron chi connectivity index (χ1n) is 9.34. The van der Waals surface area contributed by atoms with Crippen LogP contribution >= 0.6 is 0 Å². The number of pyridine rings is 1. The van der Waals surface area contributed by atoms with Gasteiger partial charge >= 0.3 is 0 Å². The minimum Gasteiger partial charge on any atom is -0.370 e. The van der Waals surface area contributed by atoms with E-state index in [2.05, 4.69) is 24.8 Å². The van der Waals surface area contributed by atoms with Crippen molar-refractivity contribution >= 4 is 22.6 Å². The summed E-state index contributed by atoms with van der Waals surface area (Å²) < 4.78 is 0. The Balaban J connectivity index is 1.30. The van der Waals surface area contributed by atoms with Crippen molar-refractivity contribution in [1.29, 1.82) is 0 Å². The van der Waals surface area contributed by atoms with Crippen molar-refractivity contribution in [3.05, 3.63) is 24.7 Å². The van der Waals surface area contributed by atoms with Crippen LogP contribution in [0.2, 0.25) is 0 Å². The lowest BCUT2D eigenvalue weighted by Gasteiger charge is -2.34. The Morgan fingerprint density at radius 3 is 2.56 bits per heavy atom. The molecule has 2 aromatic rings. The molecule has 6 nitrogen and oxygen atoms in total. The number of aromatic nitrogens is 3. The number of likely N-dealkylation sites (tertiary alicyclic amines) is 1. The monoisotopic (exact) mass is 339 g/mol. The molecule has 2 aliphatic rings. The number of ketones is 1. The lowest BCUT2D eigenvalue weighted by atomic mass is 9.91. The molecule has 4 rings (SSSR count). The normalized spacial score (nSPS) is 19.1. The molecule has 0 radical (unpaired) electrons. The van der Waals surface area contributed by atoms with Gasteiger partial charge in [-0.2, -0.15) is 0 Å². The van der Waals surface area contributed by atoms with E-state index in [1.54, 1.807) is 12.4 Å². The van der Waals surface area contributed by atoms with Gasteiger partial charge in [0.25, 0.3) is 0 Å². The van der Waals surface area contributed by atoms with Crippen LogP contribution in [-0.2, 0) is 4.79 Å². The Morgan fingerprint density at radius 2 is 1.80 bits per heavy atom. The van der Waals surface area contributed by atoms with Crippen molar-refractivity contribution < 1.29 is 4.79 Å². The molecule has 2 fully saturated rings. The topological polar surface area (TPSA) is 62.2 Å². The van der Waals surface area contributed by atoms with Crippen LogP contribution in [0.1, 0.15) is 32.1 Å². The van der Waals surface area contributed by atoms with Crippen molar-refractivity contribution in [3.8, 4) is 0 Å². The molecule has 2 aliphatic heterocycles. The lowest BCUT2D eigenvalue weighted by Crippen LogP contribution is -2.40. The SMILES string of the molecule is O=C(CCC1CCN(c2ccnc3nccnc23)CC1)CN1CCC1.